The topological polar surface area (TPSA) is 12.0 Å². The maximum atomic E-state index is 12.8. The zero-order chi connectivity index (χ0) is 11.4. The standard InChI is InChI=1S/C14H20FN/c1-11(12-7-9-13(15)10-8-12)16-14-5-3-2-4-6-14/h7-11,14,16H,2-6H2,1H3/t11-/m0/s1. The lowest BCUT2D eigenvalue weighted by molar-refractivity contribution is 0.347. The third kappa shape index (κ3) is 3.05. The Balaban J connectivity index is 1.91. The minimum atomic E-state index is -0.159. The third-order valence-corrected chi connectivity index (χ3v) is 3.46. The van der Waals surface area contributed by atoms with E-state index in [1.165, 1.54) is 49.8 Å². The molecule has 2 heteroatoms. The molecule has 0 aliphatic heterocycles. The van der Waals surface area contributed by atoms with Crippen molar-refractivity contribution in [2.45, 2.75) is 51.1 Å². The lowest BCUT2D eigenvalue weighted by Crippen LogP contribution is -2.33. The summed E-state index contributed by atoms with van der Waals surface area (Å²) in [5.41, 5.74) is 1.17. The summed E-state index contributed by atoms with van der Waals surface area (Å²) in [6, 6.07) is 7.78. The van der Waals surface area contributed by atoms with Gasteiger partial charge in [0.25, 0.3) is 0 Å². The van der Waals surface area contributed by atoms with E-state index < -0.39 is 0 Å². The van der Waals surface area contributed by atoms with Crippen LogP contribution in [0.3, 0.4) is 0 Å². The minimum Gasteiger partial charge on any atom is -0.307 e. The first kappa shape index (κ1) is 11.6. The Morgan fingerprint density at radius 3 is 2.38 bits per heavy atom. The molecule has 1 aliphatic carbocycles. The first-order valence-electron chi connectivity index (χ1n) is 6.27. The van der Waals surface area contributed by atoms with Gasteiger partial charge in [0.05, 0.1) is 0 Å². The average Bonchev–Trinajstić information content (AvgIpc) is 2.31. The summed E-state index contributed by atoms with van der Waals surface area (Å²) in [6.07, 6.45) is 6.63. The molecule has 1 aromatic carbocycles. The summed E-state index contributed by atoms with van der Waals surface area (Å²) >= 11 is 0. The van der Waals surface area contributed by atoms with Gasteiger partial charge in [0.1, 0.15) is 5.82 Å². The van der Waals surface area contributed by atoms with Crippen LogP contribution in [0.25, 0.3) is 0 Å². The van der Waals surface area contributed by atoms with Crippen molar-refractivity contribution in [3.63, 3.8) is 0 Å². The molecule has 0 radical (unpaired) electrons. The highest BCUT2D eigenvalue weighted by atomic mass is 19.1. The second-order valence-electron chi connectivity index (χ2n) is 4.77. The molecule has 1 fully saturated rings. The van der Waals surface area contributed by atoms with Gasteiger partial charge >= 0.3 is 0 Å². The number of rotatable bonds is 3. The fourth-order valence-corrected chi connectivity index (χ4v) is 2.47. The largest absolute Gasteiger partial charge is 0.307 e. The zero-order valence-corrected chi connectivity index (χ0v) is 9.88. The van der Waals surface area contributed by atoms with E-state index in [1.807, 2.05) is 12.1 Å². The molecular weight excluding hydrogens is 201 g/mol. The summed E-state index contributed by atoms with van der Waals surface area (Å²) in [4.78, 5) is 0. The molecule has 0 spiro atoms. The predicted octanol–water partition coefficient (Wildman–Crippen LogP) is 3.81. The van der Waals surface area contributed by atoms with Crippen molar-refractivity contribution in [2.24, 2.45) is 0 Å². The van der Waals surface area contributed by atoms with Gasteiger partial charge < -0.3 is 5.32 Å². The van der Waals surface area contributed by atoms with E-state index in [0.29, 0.717) is 12.1 Å². The van der Waals surface area contributed by atoms with Crippen molar-refractivity contribution in [3.05, 3.63) is 35.6 Å². The van der Waals surface area contributed by atoms with Crippen LogP contribution in [0.2, 0.25) is 0 Å². The summed E-state index contributed by atoms with van der Waals surface area (Å²) < 4.78 is 12.8. The predicted molar refractivity (Wildman–Crippen MR) is 64.8 cm³/mol. The molecule has 1 aromatic rings. The normalized spacial score (nSPS) is 19.6. The maximum absolute atomic E-state index is 12.8. The first-order chi connectivity index (χ1) is 7.75. The van der Waals surface area contributed by atoms with Crippen molar-refractivity contribution < 1.29 is 4.39 Å². The second kappa shape index (κ2) is 5.44. The summed E-state index contributed by atoms with van der Waals surface area (Å²) in [6.45, 7) is 2.15. The molecule has 0 unspecified atom stereocenters. The van der Waals surface area contributed by atoms with Crippen LogP contribution in [0, 0.1) is 5.82 Å². The molecule has 1 atom stereocenters. The number of hydrogen-bond acceptors (Lipinski definition) is 1. The Kier molecular flexibility index (Phi) is 3.94. The molecule has 1 N–H and O–H groups in total. The van der Waals surface area contributed by atoms with Crippen LogP contribution in [0.4, 0.5) is 4.39 Å². The summed E-state index contributed by atoms with van der Waals surface area (Å²) in [7, 11) is 0. The molecule has 88 valence electrons. The van der Waals surface area contributed by atoms with Crippen LogP contribution in [0.15, 0.2) is 24.3 Å². The van der Waals surface area contributed by atoms with Crippen molar-refractivity contribution in [1.82, 2.24) is 5.32 Å². The van der Waals surface area contributed by atoms with Gasteiger partial charge in [0.15, 0.2) is 0 Å². The van der Waals surface area contributed by atoms with E-state index in [1.54, 1.807) is 0 Å². The smallest absolute Gasteiger partial charge is 0.123 e. The molecule has 0 saturated heterocycles. The number of benzene rings is 1. The maximum Gasteiger partial charge on any atom is 0.123 e. The highest BCUT2D eigenvalue weighted by Crippen LogP contribution is 2.21. The Hall–Kier alpha value is -0.890. The van der Waals surface area contributed by atoms with Crippen molar-refractivity contribution in [1.29, 1.82) is 0 Å². The fourth-order valence-electron chi connectivity index (χ4n) is 2.47. The van der Waals surface area contributed by atoms with E-state index in [-0.39, 0.29) is 5.82 Å². The lowest BCUT2D eigenvalue weighted by Gasteiger charge is -2.26. The fraction of sp³-hybridized carbons (Fsp3) is 0.571. The van der Waals surface area contributed by atoms with Crippen LogP contribution in [0.5, 0.6) is 0 Å². The summed E-state index contributed by atoms with van der Waals surface area (Å²) in [5, 5.41) is 3.63. The lowest BCUT2D eigenvalue weighted by atomic mass is 9.94. The Morgan fingerprint density at radius 2 is 1.75 bits per heavy atom. The molecule has 0 bridgehead atoms. The van der Waals surface area contributed by atoms with E-state index in [4.69, 9.17) is 0 Å². The zero-order valence-electron chi connectivity index (χ0n) is 9.88. The van der Waals surface area contributed by atoms with Crippen LogP contribution in [-0.4, -0.2) is 6.04 Å². The van der Waals surface area contributed by atoms with Gasteiger partial charge in [0.2, 0.25) is 0 Å². The Bertz CT molecular complexity index is 314. The van der Waals surface area contributed by atoms with E-state index in [9.17, 15) is 4.39 Å². The van der Waals surface area contributed by atoms with E-state index >= 15 is 0 Å². The Labute approximate surface area is 97.1 Å². The molecule has 1 saturated carbocycles. The number of hydrogen-bond donors (Lipinski definition) is 1. The SMILES string of the molecule is C[C@H](NC1CCCCC1)c1ccc(F)cc1. The molecule has 0 heterocycles. The molecule has 16 heavy (non-hydrogen) atoms. The highest BCUT2D eigenvalue weighted by molar-refractivity contribution is 5.19. The Morgan fingerprint density at radius 1 is 1.12 bits per heavy atom. The molecule has 0 amide bonds. The first-order valence-corrected chi connectivity index (χ1v) is 6.27. The van der Waals surface area contributed by atoms with Crippen molar-refractivity contribution >= 4 is 0 Å². The summed E-state index contributed by atoms with van der Waals surface area (Å²) in [5.74, 6) is -0.159. The van der Waals surface area contributed by atoms with Crippen LogP contribution in [-0.2, 0) is 0 Å². The van der Waals surface area contributed by atoms with Gasteiger partial charge in [-0.25, -0.2) is 4.39 Å². The van der Waals surface area contributed by atoms with Crippen molar-refractivity contribution in [3.8, 4) is 0 Å². The molecule has 2 rings (SSSR count). The van der Waals surface area contributed by atoms with Crippen LogP contribution < -0.4 is 5.32 Å². The monoisotopic (exact) mass is 221 g/mol. The highest BCUT2D eigenvalue weighted by Gasteiger charge is 2.16. The van der Waals surface area contributed by atoms with Crippen LogP contribution >= 0.6 is 0 Å². The second-order valence-corrected chi connectivity index (χ2v) is 4.77. The quantitative estimate of drug-likeness (QED) is 0.818. The van der Waals surface area contributed by atoms with Crippen molar-refractivity contribution in [2.75, 3.05) is 0 Å². The average molecular weight is 221 g/mol. The molecule has 0 aromatic heterocycles. The molecule has 1 nitrogen and oxygen atoms in total. The number of nitrogens with one attached hydrogen (secondary N) is 1. The minimum absolute atomic E-state index is 0.159. The molecule has 1 aliphatic rings. The van der Waals surface area contributed by atoms with Gasteiger partial charge in [-0.15, -0.1) is 0 Å². The van der Waals surface area contributed by atoms with E-state index in [0.717, 1.165) is 0 Å². The van der Waals surface area contributed by atoms with Crippen LogP contribution in [0.1, 0.15) is 50.6 Å². The van der Waals surface area contributed by atoms with Gasteiger partial charge in [-0.3, -0.25) is 0 Å². The van der Waals surface area contributed by atoms with E-state index in [2.05, 4.69) is 12.2 Å². The number of halogens is 1. The van der Waals surface area contributed by atoms with Gasteiger partial charge in [-0.2, -0.15) is 0 Å². The third-order valence-electron chi connectivity index (χ3n) is 3.46. The van der Waals surface area contributed by atoms with Gasteiger partial charge in [-0.1, -0.05) is 31.4 Å². The molecular formula is C14H20FN. The van der Waals surface area contributed by atoms with Gasteiger partial charge in [-0.05, 0) is 37.5 Å². The van der Waals surface area contributed by atoms with Gasteiger partial charge in [0, 0.05) is 12.1 Å².